The van der Waals surface area contributed by atoms with Crippen molar-refractivity contribution >= 4 is 0 Å². The van der Waals surface area contributed by atoms with E-state index in [0.717, 1.165) is 5.56 Å². The molecule has 55 valence electrons. The fourth-order valence-corrected chi connectivity index (χ4v) is 0.770. The summed E-state index contributed by atoms with van der Waals surface area (Å²) in [6.45, 7) is 4.10. The standard InChI is InChI=1S/C9H9N2/c1-7(2)9-3-8(4-10)5-11-6-9/h3,5,7H,1-2H3. The maximum Gasteiger partial charge on any atom is 0.101 e. The highest BCUT2D eigenvalue weighted by Gasteiger charge is 2.00. The molecule has 1 rings (SSSR count). The molecule has 0 fully saturated rings. The van der Waals surface area contributed by atoms with Gasteiger partial charge in [-0.2, -0.15) is 5.26 Å². The van der Waals surface area contributed by atoms with Crippen LogP contribution in [0.3, 0.4) is 0 Å². The molecule has 1 radical (unpaired) electrons. The molecule has 0 aliphatic carbocycles. The first kappa shape index (κ1) is 7.74. The van der Waals surface area contributed by atoms with E-state index in [0.29, 0.717) is 11.5 Å². The average molecular weight is 145 g/mol. The molecule has 0 amide bonds. The zero-order valence-electron chi connectivity index (χ0n) is 6.63. The Labute approximate surface area is 66.5 Å². The molecular weight excluding hydrogens is 136 g/mol. The summed E-state index contributed by atoms with van der Waals surface area (Å²) in [6.07, 6.45) is 4.36. The number of hydrogen-bond acceptors (Lipinski definition) is 2. The van der Waals surface area contributed by atoms with Gasteiger partial charge in [-0.3, -0.25) is 4.98 Å². The van der Waals surface area contributed by atoms with Gasteiger partial charge in [-0.25, -0.2) is 0 Å². The molecule has 0 saturated carbocycles. The molecule has 2 nitrogen and oxygen atoms in total. The van der Waals surface area contributed by atoms with Crippen molar-refractivity contribution in [3.8, 4) is 6.07 Å². The van der Waals surface area contributed by atoms with Crippen LogP contribution in [-0.2, 0) is 0 Å². The van der Waals surface area contributed by atoms with Gasteiger partial charge in [-0.1, -0.05) is 13.8 Å². The van der Waals surface area contributed by atoms with Gasteiger partial charge >= 0.3 is 0 Å². The minimum Gasteiger partial charge on any atom is -0.253 e. The summed E-state index contributed by atoms with van der Waals surface area (Å²) >= 11 is 0. The third-order valence-corrected chi connectivity index (χ3v) is 1.46. The van der Waals surface area contributed by atoms with Gasteiger partial charge in [0.25, 0.3) is 0 Å². The normalized spacial score (nSPS) is 9.64. The number of aromatic nitrogens is 1. The molecule has 2 heteroatoms. The van der Waals surface area contributed by atoms with Crippen LogP contribution in [0.1, 0.15) is 30.9 Å². The van der Waals surface area contributed by atoms with E-state index in [9.17, 15) is 0 Å². The van der Waals surface area contributed by atoms with E-state index in [1.807, 2.05) is 12.1 Å². The van der Waals surface area contributed by atoms with Crippen molar-refractivity contribution in [3.63, 3.8) is 0 Å². The van der Waals surface area contributed by atoms with E-state index >= 15 is 0 Å². The van der Waals surface area contributed by atoms with Gasteiger partial charge in [0.2, 0.25) is 0 Å². The number of hydrogen-bond donors (Lipinski definition) is 0. The Kier molecular flexibility index (Phi) is 2.22. The van der Waals surface area contributed by atoms with Crippen LogP contribution >= 0.6 is 0 Å². The van der Waals surface area contributed by atoms with Gasteiger partial charge in [0.1, 0.15) is 6.07 Å². The second-order valence-corrected chi connectivity index (χ2v) is 2.69. The van der Waals surface area contributed by atoms with Crippen molar-refractivity contribution in [3.05, 3.63) is 29.6 Å². The summed E-state index contributed by atoms with van der Waals surface area (Å²) in [7, 11) is 0. The summed E-state index contributed by atoms with van der Waals surface area (Å²) in [6, 6.07) is 3.86. The van der Waals surface area contributed by atoms with Gasteiger partial charge in [0, 0.05) is 6.20 Å². The molecule has 1 aromatic heterocycles. The molecule has 0 aliphatic heterocycles. The fraction of sp³-hybridized carbons (Fsp3) is 0.333. The van der Waals surface area contributed by atoms with Crippen molar-refractivity contribution in [1.29, 1.82) is 5.26 Å². The SMILES string of the molecule is CC(C)c1[c]ncc(C#N)c1. The maximum atomic E-state index is 8.54. The number of rotatable bonds is 1. The highest BCUT2D eigenvalue weighted by molar-refractivity contribution is 5.29. The lowest BCUT2D eigenvalue weighted by Gasteiger charge is -2.01. The zero-order chi connectivity index (χ0) is 8.27. The molecular formula is C9H9N2. The third-order valence-electron chi connectivity index (χ3n) is 1.46. The number of nitriles is 1. The molecule has 11 heavy (non-hydrogen) atoms. The minimum atomic E-state index is 0.385. The number of pyridine rings is 1. The monoisotopic (exact) mass is 145 g/mol. The first-order valence-electron chi connectivity index (χ1n) is 3.51. The zero-order valence-corrected chi connectivity index (χ0v) is 6.63. The molecule has 0 unspecified atom stereocenters. The van der Waals surface area contributed by atoms with E-state index < -0.39 is 0 Å². The highest BCUT2D eigenvalue weighted by Crippen LogP contribution is 2.12. The molecule has 0 saturated heterocycles. The van der Waals surface area contributed by atoms with E-state index in [2.05, 4.69) is 25.0 Å². The summed E-state index contributed by atoms with van der Waals surface area (Å²) in [5.74, 6) is 0.385. The first-order valence-corrected chi connectivity index (χ1v) is 3.51. The van der Waals surface area contributed by atoms with E-state index in [4.69, 9.17) is 5.26 Å². The maximum absolute atomic E-state index is 8.54. The molecule has 0 N–H and O–H groups in total. The van der Waals surface area contributed by atoms with Gasteiger partial charge < -0.3 is 0 Å². The lowest BCUT2D eigenvalue weighted by molar-refractivity contribution is 0.854. The second kappa shape index (κ2) is 3.16. The number of nitrogens with zero attached hydrogens (tertiary/aromatic N) is 2. The van der Waals surface area contributed by atoms with E-state index in [-0.39, 0.29) is 0 Å². The Bertz CT molecular complexity index is 284. The molecule has 0 spiro atoms. The van der Waals surface area contributed by atoms with Crippen molar-refractivity contribution in [2.45, 2.75) is 19.8 Å². The average Bonchev–Trinajstić information content (AvgIpc) is 2.05. The molecule has 0 aromatic carbocycles. The fourth-order valence-electron chi connectivity index (χ4n) is 0.770. The largest absolute Gasteiger partial charge is 0.253 e. The molecule has 0 aliphatic rings. The van der Waals surface area contributed by atoms with Crippen LogP contribution in [0.4, 0.5) is 0 Å². The van der Waals surface area contributed by atoms with Gasteiger partial charge in [-0.05, 0) is 17.5 Å². The summed E-state index contributed by atoms with van der Waals surface area (Å²) in [4.78, 5) is 3.83. The van der Waals surface area contributed by atoms with Gasteiger partial charge in [0.05, 0.1) is 11.8 Å². The smallest absolute Gasteiger partial charge is 0.101 e. The van der Waals surface area contributed by atoms with Crippen LogP contribution in [0, 0.1) is 17.5 Å². The van der Waals surface area contributed by atoms with Crippen molar-refractivity contribution < 1.29 is 0 Å². The molecule has 0 atom stereocenters. The van der Waals surface area contributed by atoms with Crippen LogP contribution in [-0.4, -0.2) is 4.98 Å². The van der Waals surface area contributed by atoms with Crippen LogP contribution in [0.15, 0.2) is 12.3 Å². The van der Waals surface area contributed by atoms with Crippen molar-refractivity contribution in [2.24, 2.45) is 0 Å². The predicted octanol–water partition coefficient (Wildman–Crippen LogP) is 1.88. The second-order valence-electron chi connectivity index (χ2n) is 2.69. The van der Waals surface area contributed by atoms with Crippen LogP contribution in [0.25, 0.3) is 0 Å². The Morgan fingerprint density at radius 2 is 2.36 bits per heavy atom. The summed E-state index contributed by atoms with van der Waals surface area (Å²) in [5, 5.41) is 8.54. The third kappa shape index (κ3) is 1.78. The lowest BCUT2D eigenvalue weighted by Crippen LogP contribution is -1.90. The van der Waals surface area contributed by atoms with E-state index in [1.54, 1.807) is 0 Å². The van der Waals surface area contributed by atoms with E-state index in [1.165, 1.54) is 6.20 Å². The minimum absolute atomic E-state index is 0.385. The van der Waals surface area contributed by atoms with Crippen molar-refractivity contribution in [1.82, 2.24) is 4.98 Å². The van der Waals surface area contributed by atoms with Crippen LogP contribution < -0.4 is 0 Å². The Hall–Kier alpha value is -1.36. The van der Waals surface area contributed by atoms with Crippen LogP contribution in [0.5, 0.6) is 0 Å². The highest BCUT2D eigenvalue weighted by atomic mass is 14.6. The van der Waals surface area contributed by atoms with Gasteiger partial charge in [0.15, 0.2) is 0 Å². The Morgan fingerprint density at radius 3 is 2.91 bits per heavy atom. The van der Waals surface area contributed by atoms with Crippen LogP contribution in [0.2, 0.25) is 0 Å². The molecule has 1 heterocycles. The summed E-state index contributed by atoms with van der Waals surface area (Å²) in [5.41, 5.74) is 1.59. The van der Waals surface area contributed by atoms with Gasteiger partial charge in [-0.15, -0.1) is 0 Å². The molecule has 0 bridgehead atoms. The Morgan fingerprint density at radius 1 is 1.64 bits per heavy atom. The van der Waals surface area contributed by atoms with Crippen molar-refractivity contribution in [2.75, 3.05) is 0 Å². The Balaban J connectivity index is 3.03. The summed E-state index contributed by atoms with van der Waals surface area (Å²) < 4.78 is 0. The predicted molar refractivity (Wildman–Crippen MR) is 41.9 cm³/mol. The quantitative estimate of drug-likeness (QED) is 0.605. The molecule has 1 aromatic rings. The topological polar surface area (TPSA) is 36.7 Å². The lowest BCUT2D eigenvalue weighted by atomic mass is 10.0. The first-order chi connectivity index (χ1) is 5.24.